The number of sulfonamides is 1. The summed E-state index contributed by atoms with van der Waals surface area (Å²) in [4.78, 5) is 26.4. The molecule has 0 radical (unpaired) electrons. The van der Waals surface area contributed by atoms with E-state index in [1.807, 2.05) is 37.3 Å². The Kier molecular flexibility index (Phi) is 7.36. The third-order valence-electron chi connectivity index (χ3n) is 5.42. The number of primary amides is 1. The molecule has 0 unspecified atom stereocenters. The van der Waals surface area contributed by atoms with E-state index in [9.17, 15) is 18.0 Å². The van der Waals surface area contributed by atoms with Gasteiger partial charge in [-0.15, -0.1) is 11.3 Å². The van der Waals surface area contributed by atoms with E-state index < -0.39 is 21.8 Å². The van der Waals surface area contributed by atoms with Crippen LogP contribution in [0.25, 0.3) is 11.1 Å². The van der Waals surface area contributed by atoms with Gasteiger partial charge < -0.3 is 11.1 Å². The number of nitrogens with two attached hydrogens (primary N) is 1. The molecule has 0 saturated heterocycles. The predicted molar refractivity (Wildman–Crippen MR) is 132 cm³/mol. The predicted octanol–water partition coefficient (Wildman–Crippen LogP) is 4.41. The van der Waals surface area contributed by atoms with Crippen LogP contribution in [0.5, 0.6) is 0 Å². The summed E-state index contributed by atoms with van der Waals surface area (Å²) in [6.45, 7) is 7.76. The standard InChI is InChI=1S/C24H27N3O4S2/c1-5-27(6-2)33(30,31)18-13-12-15(3)19(14-18)23(29)26-24-21(22(25)28)20(16(4)32-24)17-10-8-7-9-11-17/h7-14H,5-6H2,1-4H3,(H2,25,28)(H,26,29). The maximum Gasteiger partial charge on any atom is 0.256 e. The van der Waals surface area contributed by atoms with Gasteiger partial charge >= 0.3 is 0 Å². The average molecular weight is 486 g/mol. The molecular weight excluding hydrogens is 458 g/mol. The Balaban J connectivity index is 2.03. The molecule has 1 aromatic heterocycles. The van der Waals surface area contributed by atoms with Crippen LogP contribution in [-0.2, 0) is 10.0 Å². The SMILES string of the molecule is CCN(CC)S(=O)(=O)c1ccc(C)c(C(=O)Nc2sc(C)c(-c3ccccc3)c2C(N)=O)c1. The number of carbonyl (C=O) groups is 2. The van der Waals surface area contributed by atoms with Gasteiger partial charge in [-0.2, -0.15) is 4.31 Å². The van der Waals surface area contributed by atoms with E-state index in [-0.39, 0.29) is 16.0 Å². The first-order valence-corrected chi connectivity index (χ1v) is 12.8. The molecule has 33 heavy (non-hydrogen) atoms. The van der Waals surface area contributed by atoms with Gasteiger partial charge in [0.05, 0.1) is 10.5 Å². The van der Waals surface area contributed by atoms with E-state index in [1.54, 1.807) is 26.8 Å². The Labute approximate surface area is 198 Å². The highest BCUT2D eigenvalue weighted by molar-refractivity contribution is 7.89. The zero-order valence-electron chi connectivity index (χ0n) is 19.0. The third-order valence-corrected chi connectivity index (χ3v) is 8.48. The van der Waals surface area contributed by atoms with Gasteiger partial charge in [0.2, 0.25) is 10.0 Å². The zero-order chi connectivity index (χ0) is 24.3. The average Bonchev–Trinajstić information content (AvgIpc) is 3.10. The van der Waals surface area contributed by atoms with Gasteiger partial charge in [-0.05, 0) is 37.1 Å². The first-order valence-electron chi connectivity index (χ1n) is 10.5. The lowest BCUT2D eigenvalue weighted by Gasteiger charge is -2.19. The van der Waals surface area contributed by atoms with Crippen LogP contribution in [0, 0.1) is 13.8 Å². The normalized spacial score (nSPS) is 11.5. The number of nitrogens with one attached hydrogen (secondary N) is 1. The van der Waals surface area contributed by atoms with Crippen LogP contribution in [0.4, 0.5) is 5.00 Å². The Morgan fingerprint density at radius 2 is 1.67 bits per heavy atom. The minimum Gasteiger partial charge on any atom is -0.365 e. The molecule has 0 aliphatic carbocycles. The molecule has 174 valence electrons. The van der Waals surface area contributed by atoms with Crippen LogP contribution >= 0.6 is 11.3 Å². The maximum absolute atomic E-state index is 13.2. The minimum absolute atomic E-state index is 0.0457. The van der Waals surface area contributed by atoms with Gasteiger partial charge in [0.25, 0.3) is 11.8 Å². The molecule has 3 N–H and O–H groups in total. The summed E-state index contributed by atoms with van der Waals surface area (Å²) >= 11 is 1.26. The Hall–Kier alpha value is -3.01. The van der Waals surface area contributed by atoms with Crippen molar-refractivity contribution in [2.75, 3.05) is 18.4 Å². The molecule has 0 aliphatic heterocycles. The van der Waals surface area contributed by atoms with Gasteiger partial charge in [-0.3, -0.25) is 9.59 Å². The fourth-order valence-electron chi connectivity index (χ4n) is 3.71. The highest BCUT2D eigenvalue weighted by Gasteiger charge is 2.26. The van der Waals surface area contributed by atoms with E-state index in [0.29, 0.717) is 29.2 Å². The van der Waals surface area contributed by atoms with Crippen molar-refractivity contribution in [2.24, 2.45) is 5.73 Å². The summed E-state index contributed by atoms with van der Waals surface area (Å²) in [5, 5.41) is 3.12. The molecule has 0 bridgehead atoms. The van der Waals surface area contributed by atoms with Crippen molar-refractivity contribution in [1.29, 1.82) is 0 Å². The van der Waals surface area contributed by atoms with E-state index in [0.717, 1.165) is 10.4 Å². The summed E-state index contributed by atoms with van der Waals surface area (Å²) in [5.74, 6) is -1.16. The van der Waals surface area contributed by atoms with Gasteiger partial charge in [-0.1, -0.05) is 50.2 Å². The van der Waals surface area contributed by atoms with Gasteiger partial charge in [-0.25, -0.2) is 8.42 Å². The summed E-state index contributed by atoms with van der Waals surface area (Å²) in [7, 11) is -3.73. The number of rotatable bonds is 8. The summed E-state index contributed by atoms with van der Waals surface area (Å²) < 4.78 is 27.2. The van der Waals surface area contributed by atoms with Gasteiger partial charge in [0, 0.05) is 29.1 Å². The molecule has 7 nitrogen and oxygen atoms in total. The second-order valence-corrected chi connectivity index (χ2v) is 10.7. The van der Waals surface area contributed by atoms with Crippen molar-refractivity contribution >= 4 is 38.2 Å². The maximum atomic E-state index is 13.2. The smallest absolute Gasteiger partial charge is 0.256 e. The quantitative estimate of drug-likeness (QED) is 0.492. The molecule has 2 aromatic carbocycles. The van der Waals surface area contributed by atoms with Crippen LogP contribution in [-0.4, -0.2) is 37.6 Å². The van der Waals surface area contributed by atoms with Crippen molar-refractivity contribution in [2.45, 2.75) is 32.6 Å². The second kappa shape index (κ2) is 9.86. The number of carbonyl (C=O) groups excluding carboxylic acids is 2. The van der Waals surface area contributed by atoms with Crippen LogP contribution in [0.1, 0.15) is 45.0 Å². The van der Waals surface area contributed by atoms with Crippen molar-refractivity contribution in [3.05, 3.63) is 70.1 Å². The number of amides is 2. The van der Waals surface area contributed by atoms with Crippen LogP contribution in [0.15, 0.2) is 53.4 Å². The fourth-order valence-corrected chi connectivity index (χ4v) is 6.27. The van der Waals surface area contributed by atoms with Crippen molar-refractivity contribution < 1.29 is 18.0 Å². The number of benzene rings is 2. The highest BCUT2D eigenvalue weighted by Crippen LogP contribution is 2.40. The fraction of sp³-hybridized carbons (Fsp3) is 0.250. The monoisotopic (exact) mass is 485 g/mol. The molecule has 0 spiro atoms. The number of thiophene rings is 1. The molecule has 9 heteroatoms. The molecular formula is C24H27N3O4S2. The number of hydrogen-bond acceptors (Lipinski definition) is 5. The van der Waals surface area contributed by atoms with Gasteiger partial charge in [0.15, 0.2) is 0 Å². The first kappa shape index (κ1) is 24.6. The van der Waals surface area contributed by atoms with Crippen LogP contribution in [0.2, 0.25) is 0 Å². The van der Waals surface area contributed by atoms with E-state index in [4.69, 9.17) is 5.73 Å². The van der Waals surface area contributed by atoms with Crippen LogP contribution < -0.4 is 11.1 Å². The minimum atomic E-state index is -3.73. The Morgan fingerprint density at radius 1 is 1.03 bits per heavy atom. The topological polar surface area (TPSA) is 110 Å². The number of anilines is 1. The third kappa shape index (κ3) is 4.85. The number of nitrogens with zero attached hydrogens (tertiary/aromatic N) is 1. The molecule has 1 heterocycles. The molecule has 0 aliphatic rings. The van der Waals surface area contributed by atoms with E-state index in [2.05, 4.69) is 5.32 Å². The van der Waals surface area contributed by atoms with Crippen molar-refractivity contribution in [3.63, 3.8) is 0 Å². The molecule has 0 fully saturated rings. The van der Waals surface area contributed by atoms with E-state index >= 15 is 0 Å². The van der Waals surface area contributed by atoms with Crippen LogP contribution in [0.3, 0.4) is 0 Å². The Bertz CT molecular complexity index is 1290. The number of aryl methyl sites for hydroxylation is 2. The molecule has 3 aromatic rings. The summed E-state index contributed by atoms with van der Waals surface area (Å²) in [5.41, 5.74) is 8.25. The lowest BCUT2D eigenvalue weighted by atomic mass is 10.0. The largest absolute Gasteiger partial charge is 0.365 e. The van der Waals surface area contributed by atoms with Gasteiger partial charge in [0.1, 0.15) is 5.00 Å². The number of hydrogen-bond donors (Lipinski definition) is 2. The molecule has 3 rings (SSSR count). The van der Waals surface area contributed by atoms with Crippen molar-refractivity contribution in [1.82, 2.24) is 4.31 Å². The molecule has 2 amide bonds. The molecule has 0 atom stereocenters. The molecule has 0 saturated carbocycles. The van der Waals surface area contributed by atoms with E-state index in [1.165, 1.54) is 27.8 Å². The summed E-state index contributed by atoms with van der Waals surface area (Å²) in [6.07, 6.45) is 0. The lowest BCUT2D eigenvalue weighted by Crippen LogP contribution is -2.30. The summed E-state index contributed by atoms with van der Waals surface area (Å²) in [6, 6.07) is 13.8. The zero-order valence-corrected chi connectivity index (χ0v) is 20.6. The Morgan fingerprint density at radius 3 is 2.24 bits per heavy atom. The second-order valence-electron chi connectivity index (χ2n) is 7.49. The van der Waals surface area contributed by atoms with Crippen molar-refractivity contribution in [3.8, 4) is 11.1 Å². The lowest BCUT2D eigenvalue weighted by molar-refractivity contribution is 0.100. The first-order chi connectivity index (χ1) is 15.6. The highest BCUT2D eigenvalue weighted by atomic mass is 32.2.